The summed E-state index contributed by atoms with van der Waals surface area (Å²) in [4.78, 5) is 14.1. The molecule has 31 heavy (non-hydrogen) atoms. The second-order valence-electron chi connectivity index (χ2n) is 7.00. The Morgan fingerprint density at radius 3 is 2.58 bits per heavy atom. The van der Waals surface area contributed by atoms with Gasteiger partial charge in [0.1, 0.15) is 17.2 Å². The van der Waals surface area contributed by atoms with Crippen molar-refractivity contribution in [3.8, 4) is 0 Å². The Bertz CT molecular complexity index is 1030. The maximum Gasteiger partial charge on any atom is 0.256 e. The molecular weight excluding hydrogens is 530 g/mol. The van der Waals surface area contributed by atoms with Gasteiger partial charge in [0.25, 0.3) is 5.91 Å². The van der Waals surface area contributed by atoms with Crippen molar-refractivity contribution in [2.75, 3.05) is 25.0 Å². The number of amides is 1. The number of likely N-dealkylation sites (tertiary alicyclic amines) is 1. The van der Waals surface area contributed by atoms with Crippen molar-refractivity contribution in [1.82, 2.24) is 15.7 Å². The molecule has 1 amide bonds. The molecule has 3 rings (SSSR count). The molecule has 1 aliphatic rings. The summed E-state index contributed by atoms with van der Waals surface area (Å²) in [5.74, 6) is -3.82. The van der Waals surface area contributed by atoms with Crippen LogP contribution in [0.1, 0.15) is 10.4 Å². The summed E-state index contributed by atoms with van der Waals surface area (Å²) < 4.78 is 43.1. The molecule has 0 unspecified atom stereocenters. The molecule has 2 aromatic rings. The smallest absolute Gasteiger partial charge is 0.256 e. The van der Waals surface area contributed by atoms with Crippen molar-refractivity contribution in [3.63, 3.8) is 0 Å². The van der Waals surface area contributed by atoms with Crippen molar-refractivity contribution >= 4 is 39.9 Å². The van der Waals surface area contributed by atoms with Gasteiger partial charge in [0.2, 0.25) is 0 Å². The molecule has 0 saturated carbocycles. The molecule has 0 aromatic heterocycles. The number of benzene rings is 2. The third-order valence-corrected chi connectivity index (χ3v) is 5.29. The van der Waals surface area contributed by atoms with Crippen LogP contribution in [0.25, 0.3) is 0 Å². The van der Waals surface area contributed by atoms with Gasteiger partial charge in [-0.1, -0.05) is 0 Å². The molecular formula is C19H19F3IN5O3. The summed E-state index contributed by atoms with van der Waals surface area (Å²) in [6.07, 6.45) is 1.06. The minimum Gasteiger partial charge on any atom is -0.384 e. The van der Waals surface area contributed by atoms with E-state index in [0.29, 0.717) is 3.57 Å². The molecule has 1 fully saturated rings. The van der Waals surface area contributed by atoms with Crippen LogP contribution in [0, 0.1) is 21.0 Å². The zero-order valence-electron chi connectivity index (χ0n) is 15.9. The van der Waals surface area contributed by atoms with Crippen LogP contribution in [0.5, 0.6) is 0 Å². The van der Waals surface area contributed by atoms with E-state index in [1.807, 2.05) is 22.6 Å². The van der Waals surface area contributed by atoms with Crippen molar-refractivity contribution in [2.45, 2.75) is 5.60 Å². The van der Waals surface area contributed by atoms with Gasteiger partial charge in [-0.2, -0.15) is 0 Å². The van der Waals surface area contributed by atoms with E-state index in [2.05, 4.69) is 10.6 Å². The van der Waals surface area contributed by atoms with Crippen LogP contribution >= 0.6 is 22.6 Å². The first-order valence-electron chi connectivity index (χ1n) is 8.94. The van der Waals surface area contributed by atoms with Crippen LogP contribution < -0.4 is 21.8 Å². The van der Waals surface area contributed by atoms with Gasteiger partial charge in [0, 0.05) is 10.1 Å². The molecule has 0 atom stereocenters. The Balaban J connectivity index is 1.78. The maximum atomic E-state index is 14.5. The van der Waals surface area contributed by atoms with Crippen LogP contribution in [0.2, 0.25) is 0 Å². The molecule has 0 spiro atoms. The standard InChI is InChI=1S/C19H19F3IN5O3/c20-12-3-2-11(17(16(12)22)27-14-4-1-10(23)5-13(14)21)18(29)28-8-19(30,9-28)7-25-15(24)6-26-31/h1-6,25-27,30-31H,7-9,24H2/b15-6+. The number of hydrogen-bond donors (Lipinski definition) is 6. The number of aliphatic hydroxyl groups is 1. The number of nitrogens with zero attached hydrogens (tertiary/aromatic N) is 1. The number of rotatable bonds is 7. The monoisotopic (exact) mass is 549 g/mol. The highest BCUT2D eigenvalue weighted by Gasteiger charge is 2.44. The summed E-state index contributed by atoms with van der Waals surface area (Å²) in [5, 5.41) is 24.1. The zero-order chi connectivity index (χ0) is 22.8. The predicted octanol–water partition coefficient (Wildman–Crippen LogP) is 1.97. The normalized spacial score (nSPS) is 15.3. The third-order valence-electron chi connectivity index (χ3n) is 4.62. The van der Waals surface area contributed by atoms with Crippen LogP contribution in [0.3, 0.4) is 0 Å². The van der Waals surface area contributed by atoms with Crippen LogP contribution in [-0.4, -0.2) is 46.4 Å². The average molecular weight is 549 g/mol. The molecule has 1 saturated heterocycles. The first-order chi connectivity index (χ1) is 14.6. The van der Waals surface area contributed by atoms with E-state index in [1.165, 1.54) is 17.0 Å². The van der Waals surface area contributed by atoms with Crippen molar-refractivity contribution < 1.29 is 28.3 Å². The lowest BCUT2D eigenvalue weighted by Crippen LogP contribution is -2.67. The third kappa shape index (κ3) is 5.14. The topological polar surface area (TPSA) is 123 Å². The Labute approximate surface area is 189 Å². The lowest BCUT2D eigenvalue weighted by molar-refractivity contribution is -0.0773. The minimum absolute atomic E-state index is 0.0163. The predicted molar refractivity (Wildman–Crippen MR) is 115 cm³/mol. The summed E-state index contributed by atoms with van der Waals surface area (Å²) in [6.45, 7) is -0.221. The highest BCUT2D eigenvalue weighted by atomic mass is 127. The van der Waals surface area contributed by atoms with E-state index in [1.54, 1.807) is 11.5 Å². The Morgan fingerprint density at radius 2 is 1.94 bits per heavy atom. The largest absolute Gasteiger partial charge is 0.384 e. The lowest BCUT2D eigenvalue weighted by Gasteiger charge is -2.46. The van der Waals surface area contributed by atoms with Crippen LogP contribution in [0.15, 0.2) is 42.4 Å². The summed E-state index contributed by atoms with van der Waals surface area (Å²) in [7, 11) is 0. The fraction of sp³-hybridized carbons (Fsp3) is 0.211. The van der Waals surface area contributed by atoms with Crippen molar-refractivity contribution in [2.24, 2.45) is 5.73 Å². The Kier molecular flexibility index (Phi) is 6.81. The highest BCUT2D eigenvalue weighted by Crippen LogP contribution is 2.31. The van der Waals surface area contributed by atoms with E-state index in [-0.39, 0.29) is 36.7 Å². The number of carbonyl (C=O) groups is 1. The fourth-order valence-corrected chi connectivity index (χ4v) is 3.51. The average Bonchev–Trinajstić information content (AvgIpc) is 2.69. The molecule has 0 radical (unpaired) electrons. The van der Waals surface area contributed by atoms with Gasteiger partial charge in [0.05, 0.1) is 36.2 Å². The maximum absolute atomic E-state index is 14.5. The van der Waals surface area contributed by atoms with Gasteiger partial charge in [-0.05, 0) is 52.9 Å². The Hall–Kier alpha value is -2.71. The van der Waals surface area contributed by atoms with Crippen molar-refractivity contribution in [1.29, 1.82) is 0 Å². The van der Waals surface area contributed by atoms with Gasteiger partial charge in [-0.15, -0.1) is 0 Å². The number of β-amino-alcohol motifs (C(OH)–C–C–N with tert-alkyl or cyclic N) is 1. The highest BCUT2D eigenvalue weighted by molar-refractivity contribution is 14.1. The molecule has 166 valence electrons. The lowest BCUT2D eigenvalue weighted by atomic mass is 9.92. The molecule has 1 heterocycles. The summed E-state index contributed by atoms with van der Waals surface area (Å²) in [5.41, 5.74) is 5.11. The molecule has 8 nitrogen and oxygen atoms in total. The molecule has 12 heteroatoms. The number of anilines is 2. The number of carbonyl (C=O) groups excluding carboxylic acids is 1. The number of nitrogens with two attached hydrogens (primary N) is 1. The number of hydroxylamine groups is 1. The fourth-order valence-electron chi connectivity index (χ4n) is 3.05. The van der Waals surface area contributed by atoms with Gasteiger partial charge >= 0.3 is 0 Å². The van der Waals surface area contributed by atoms with E-state index in [9.17, 15) is 23.1 Å². The zero-order valence-corrected chi connectivity index (χ0v) is 18.1. The van der Waals surface area contributed by atoms with Gasteiger partial charge < -0.3 is 26.4 Å². The second kappa shape index (κ2) is 9.20. The summed E-state index contributed by atoms with van der Waals surface area (Å²) in [6, 6.07) is 6.02. The number of nitrogens with one attached hydrogen (secondary N) is 3. The molecule has 7 N–H and O–H groups in total. The molecule has 0 aliphatic carbocycles. The van der Waals surface area contributed by atoms with Gasteiger partial charge in [0.15, 0.2) is 11.6 Å². The quantitative estimate of drug-likeness (QED) is 0.231. The number of halogens is 4. The number of hydrogen-bond acceptors (Lipinski definition) is 7. The molecule has 2 aromatic carbocycles. The van der Waals surface area contributed by atoms with Crippen LogP contribution in [-0.2, 0) is 0 Å². The molecule has 1 aliphatic heterocycles. The van der Waals surface area contributed by atoms with E-state index < -0.39 is 34.6 Å². The minimum atomic E-state index is -1.32. The van der Waals surface area contributed by atoms with Gasteiger partial charge in [-0.3, -0.25) is 15.5 Å². The van der Waals surface area contributed by atoms with E-state index in [0.717, 1.165) is 18.3 Å². The summed E-state index contributed by atoms with van der Waals surface area (Å²) >= 11 is 1.90. The first-order valence-corrected chi connectivity index (χ1v) is 10.0. The van der Waals surface area contributed by atoms with Crippen molar-refractivity contribution in [3.05, 3.63) is 68.9 Å². The first kappa shape index (κ1) is 23.0. The van der Waals surface area contributed by atoms with Gasteiger partial charge in [-0.25, -0.2) is 13.2 Å². The molecule has 0 bridgehead atoms. The van der Waals surface area contributed by atoms with E-state index >= 15 is 0 Å². The SMILES string of the molecule is N/C(=C\NO)NCC1(O)CN(C(=O)c2ccc(F)c(F)c2Nc2ccc(I)cc2F)C1. The van der Waals surface area contributed by atoms with Crippen LogP contribution in [0.4, 0.5) is 24.5 Å². The second-order valence-corrected chi connectivity index (χ2v) is 8.25. The Morgan fingerprint density at radius 1 is 1.23 bits per heavy atom. The van der Waals surface area contributed by atoms with E-state index in [4.69, 9.17) is 10.9 Å².